The van der Waals surface area contributed by atoms with E-state index in [0.29, 0.717) is 5.75 Å². The van der Waals surface area contributed by atoms with Gasteiger partial charge in [0.25, 0.3) is 5.91 Å². The van der Waals surface area contributed by atoms with Crippen LogP contribution in [-0.2, 0) is 4.79 Å². The lowest BCUT2D eigenvalue weighted by Gasteiger charge is -2.24. The summed E-state index contributed by atoms with van der Waals surface area (Å²) in [5.41, 5.74) is 0.387. The van der Waals surface area contributed by atoms with E-state index >= 15 is 0 Å². The molecule has 0 saturated heterocycles. The van der Waals surface area contributed by atoms with Gasteiger partial charge in [-0.1, -0.05) is 11.8 Å². The number of halogens is 1. The first kappa shape index (κ1) is 20.6. The van der Waals surface area contributed by atoms with E-state index in [4.69, 9.17) is 9.84 Å². The molecule has 0 saturated carbocycles. The third-order valence-electron chi connectivity index (χ3n) is 3.50. The number of hydrogen-bond acceptors (Lipinski definition) is 5. The Balaban J connectivity index is 2.21. The van der Waals surface area contributed by atoms with E-state index in [-0.39, 0.29) is 12.5 Å². The van der Waals surface area contributed by atoms with Gasteiger partial charge in [0.1, 0.15) is 12.4 Å². The molecular formula is C19H21BrN2O3S. The number of fused-ring (bicyclic) bond motifs is 1. The lowest BCUT2D eigenvalue weighted by molar-refractivity contribution is -0.125. The highest BCUT2D eigenvalue weighted by atomic mass is 79.9. The van der Waals surface area contributed by atoms with E-state index in [0.717, 1.165) is 20.9 Å². The van der Waals surface area contributed by atoms with E-state index in [1.54, 1.807) is 20.0 Å². The number of amides is 1. The van der Waals surface area contributed by atoms with Crippen LogP contribution in [-0.4, -0.2) is 39.8 Å². The Kier molecular flexibility index (Phi) is 6.93. The van der Waals surface area contributed by atoms with Crippen LogP contribution < -0.4 is 10.1 Å². The number of carbonyl (C=O) groups is 1. The zero-order valence-corrected chi connectivity index (χ0v) is 17.5. The van der Waals surface area contributed by atoms with Crippen LogP contribution in [0.25, 0.3) is 10.9 Å². The van der Waals surface area contributed by atoms with Crippen LogP contribution in [0.2, 0.25) is 0 Å². The Hall–Kier alpha value is -1.75. The molecule has 2 rings (SSSR count). The van der Waals surface area contributed by atoms with Crippen molar-refractivity contribution < 1.29 is 14.6 Å². The summed E-state index contributed by atoms with van der Waals surface area (Å²) in [5, 5.41) is 12.6. The summed E-state index contributed by atoms with van der Waals surface area (Å²) in [7, 11) is 0. The van der Waals surface area contributed by atoms with Crippen LogP contribution >= 0.6 is 27.7 Å². The number of aliphatic hydroxyl groups is 1. The summed E-state index contributed by atoms with van der Waals surface area (Å²) in [6.45, 7) is 5.25. The molecule has 0 radical (unpaired) electrons. The van der Waals surface area contributed by atoms with Gasteiger partial charge in [-0.05, 0) is 66.7 Å². The first-order valence-electron chi connectivity index (χ1n) is 7.94. The highest BCUT2D eigenvalue weighted by Crippen LogP contribution is 2.27. The third kappa shape index (κ3) is 5.37. The predicted molar refractivity (Wildman–Crippen MR) is 109 cm³/mol. The van der Waals surface area contributed by atoms with Crippen molar-refractivity contribution in [2.45, 2.75) is 31.7 Å². The maximum absolute atomic E-state index is 12.6. The van der Waals surface area contributed by atoms with Gasteiger partial charge in [-0.25, -0.2) is 0 Å². The number of ether oxygens (including phenoxy) is 1. The summed E-state index contributed by atoms with van der Waals surface area (Å²) in [5.74, 6) is 5.70. The lowest BCUT2D eigenvalue weighted by Crippen LogP contribution is -2.47. The van der Waals surface area contributed by atoms with Crippen molar-refractivity contribution in [2.24, 2.45) is 0 Å². The zero-order valence-electron chi connectivity index (χ0n) is 15.1. The van der Waals surface area contributed by atoms with E-state index in [9.17, 15) is 4.79 Å². The number of aromatic nitrogens is 1. The lowest BCUT2D eigenvalue weighted by atomic mass is 10.1. The second-order valence-corrected chi connectivity index (χ2v) is 8.04. The molecule has 0 fully saturated rings. The number of aliphatic hydroxyl groups excluding tert-OH is 1. The fraction of sp³-hybridized carbons (Fsp3) is 0.368. The number of carbonyl (C=O) groups excluding carboxylic acids is 1. The highest BCUT2D eigenvalue weighted by molar-refractivity contribution is 9.10. The Labute approximate surface area is 166 Å². The van der Waals surface area contributed by atoms with E-state index in [1.165, 1.54) is 11.8 Å². The largest absolute Gasteiger partial charge is 0.470 e. The predicted octanol–water partition coefficient (Wildman–Crippen LogP) is 3.26. The SMILES string of the molecule is CSC(Oc1cc(C)c2ncc(Br)cc2c1)C(=O)NC(C)(C)C#CCO. The number of rotatable bonds is 5. The van der Waals surface area contributed by atoms with E-state index in [2.05, 4.69) is 38.1 Å². The van der Waals surface area contributed by atoms with Crippen LogP contribution in [0.1, 0.15) is 19.4 Å². The van der Waals surface area contributed by atoms with Crippen molar-refractivity contribution in [1.29, 1.82) is 0 Å². The molecule has 0 aliphatic carbocycles. The minimum atomic E-state index is -0.759. The minimum absolute atomic E-state index is 0.248. The van der Waals surface area contributed by atoms with Crippen molar-refractivity contribution >= 4 is 44.5 Å². The Morgan fingerprint density at radius 3 is 2.85 bits per heavy atom. The maximum Gasteiger partial charge on any atom is 0.272 e. The molecule has 2 N–H and O–H groups in total. The number of hydrogen-bond donors (Lipinski definition) is 2. The third-order valence-corrected chi connectivity index (χ3v) is 4.67. The first-order chi connectivity index (χ1) is 12.3. The highest BCUT2D eigenvalue weighted by Gasteiger charge is 2.25. The molecule has 1 atom stereocenters. The molecule has 1 aromatic heterocycles. The molecule has 0 bridgehead atoms. The fourth-order valence-electron chi connectivity index (χ4n) is 2.43. The fourth-order valence-corrected chi connectivity index (χ4v) is 3.26. The Morgan fingerprint density at radius 2 is 2.19 bits per heavy atom. The molecule has 1 amide bonds. The second kappa shape index (κ2) is 8.76. The molecule has 0 spiro atoms. The van der Waals surface area contributed by atoms with Gasteiger partial charge in [-0.2, -0.15) is 0 Å². The monoisotopic (exact) mass is 436 g/mol. The van der Waals surface area contributed by atoms with Crippen molar-refractivity contribution in [3.63, 3.8) is 0 Å². The Morgan fingerprint density at radius 1 is 1.46 bits per heavy atom. The average molecular weight is 437 g/mol. The standard InChI is InChI=1S/C19H21BrN2O3S/c1-12-8-15(10-13-9-14(20)11-21-16(12)13)25-18(26-4)17(24)22-19(2,3)6-5-7-23/h8-11,18,23H,7H2,1-4H3,(H,22,24). The normalized spacial score (nSPS) is 12.2. The molecule has 7 heteroatoms. The van der Waals surface area contributed by atoms with Gasteiger partial charge in [0.2, 0.25) is 5.44 Å². The maximum atomic E-state index is 12.6. The van der Waals surface area contributed by atoms with E-state index in [1.807, 2.05) is 31.4 Å². The average Bonchev–Trinajstić information content (AvgIpc) is 2.57. The van der Waals surface area contributed by atoms with E-state index < -0.39 is 11.0 Å². The minimum Gasteiger partial charge on any atom is -0.470 e. The molecule has 1 unspecified atom stereocenters. The van der Waals surface area contributed by atoms with Crippen LogP contribution in [0, 0.1) is 18.8 Å². The summed E-state index contributed by atoms with van der Waals surface area (Å²) >= 11 is 4.72. The van der Waals surface area contributed by atoms with Gasteiger partial charge < -0.3 is 15.2 Å². The van der Waals surface area contributed by atoms with Gasteiger partial charge in [0, 0.05) is 16.1 Å². The summed E-state index contributed by atoms with van der Waals surface area (Å²) in [4.78, 5) is 17.0. The topological polar surface area (TPSA) is 71.5 Å². The molecule has 1 aromatic carbocycles. The molecular weight excluding hydrogens is 416 g/mol. The quantitative estimate of drug-likeness (QED) is 0.555. The van der Waals surface area contributed by atoms with Crippen LogP contribution in [0.4, 0.5) is 0 Å². The van der Waals surface area contributed by atoms with Crippen LogP contribution in [0.15, 0.2) is 28.9 Å². The summed E-state index contributed by atoms with van der Waals surface area (Å²) in [6, 6.07) is 5.70. The molecule has 138 valence electrons. The number of nitrogens with one attached hydrogen (secondary N) is 1. The smallest absolute Gasteiger partial charge is 0.272 e. The Bertz CT molecular complexity index is 874. The number of benzene rings is 1. The number of thioether (sulfide) groups is 1. The summed E-state index contributed by atoms with van der Waals surface area (Å²) in [6.07, 6.45) is 3.56. The van der Waals surface area contributed by atoms with Crippen molar-refractivity contribution in [3.05, 3.63) is 34.4 Å². The summed E-state index contributed by atoms with van der Waals surface area (Å²) < 4.78 is 6.79. The van der Waals surface area contributed by atoms with Gasteiger partial charge >= 0.3 is 0 Å². The van der Waals surface area contributed by atoms with Crippen LogP contribution in [0.5, 0.6) is 5.75 Å². The van der Waals surface area contributed by atoms with Crippen molar-refractivity contribution in [1.82, 2.24) is 10.3 Å². The molecule has 26 heavy (non-hydrogen) atoms. The van der Waals surface area contributed by atoms with Gasteiger partial charge in [0.15, 0.2) is 0 Å². The first-order valence-corrected chi connectivity index (χ1v) is 10.0. The number of nitrogens with zero attached hydrogens (tertiary/aromatic N) is 1. The van der Waals surface area contributed by atoms with Crippen molar-refractivity contribution in [3.8, 4) is 17.6 Å². The van der Waals surface area contributed by atoms with Crippen LogP contribution in [0.3, 0.4) is 0 Å². The second-order valence-electron chi connectivity index (χ2n) is 6.23. The number of pyridine rings is 1. The van der Waals surface area contributed by atoms with Crippen molar-refractivity contribution in [2.75, 3.05) is 12.9 Å². The molecule has 0 aliphatic rings. The van der Waals surface area contributed by atoms with Gasteiger partial charge in [-0.3, -0.25) is 9.78 Å². The van der Waals surface area contributed by atoms with Gasteiger partial charge in [-0.15, -0.1) is 11.8 Å². The van der Waals surface area contributed by atoms with Gasteiger partial charge in [0.05, 0.1) is 11.1 Å². The molecule has 5 nitrogen and oxygen atoms in total. The molecule has 2 aromatic rings. The molecule has 0 aliphatic heterocycles. The number of aryl methyl sites for hydroxylation is 1. The zero-order chi connectivity index (χ0) is 19.3. The molecule has 1 heterocycles.